The van der Waals surface area contributed by atoms with Crippen molar-refractivity contribution in [2.24, 2.45) is 0 Å². The molecule has 0 amide bonds. The summed E-state index contributed by atoms with van der Waals surface area (Å²) in [5, 5.41) is 0. The summed E-state index contributed by atoms with van der Waals surface area (Å²) in [6.07, 6.45) is 0. The Morgan fingerprint density at radius 2 is 1.39 bits per heavy atom. The molecule has 3 heteroatoms. The highest BCUT2D eigenvalue weighted by Gasteiger charge is 2.31. The number of quaternary nitrogens is 1. The molecule has 23 heavy (non-hydrogen) atoms. The van der Waals surface area contributed by atoms with E-state index in [0.29, 0.717) is 6.04 Å². The molecule has 0 unspecified atom stereocenters. The summed E-state index contributed by atoms with van der Waals surface area (Å²) >= 11 is 1.89. The maximum Gasteiger partial charge on any atom is 0.104 e. The maximum atomic E-state index is 2.52. The first-order chi connectivity index (χ1) is 11.1. The lowest BCUT2D eigenvalue weighted by Crippen LogP contribution is -2.54. The molecule has 0 spiro atoms. The van der Waals surface area contributed by atoms with Crippen LogP contribution in [0.3, 0.4) is 0 Å². The highest BCUT2D eigenvalue weighted by Crippen LogP contribution is 2.47. The number of nitrogens with zero attached hydrogens (tertiary/aromatic N) is 2. The summed E-state index contributed by atoms with van der Waals surface area (Å²) < 4.78 is 1.11. The second kappa shape index (κ2) is 6.58. The molecule has 1 aliphatic heterocycles. The van der Waals surface area contributed by atoms with Gasteiger partial charge in [0.15, 0.2) is 0 Å². The van der Waals surface area contributed by atoms with E-state index in [1.54, 1.807) is 0 Å². The van der Waals surface area contributed by atoms with Gasteiger partial charge in [0.2, 0.25) is 0 Å². The summed E-state index contributed by atoms with van der Waals surface area (Å²) in [5.41, 5.74) is 2.70. The molecular weight excluding hydrogens is 300 g/mol. The number of benzene rings is 2. The molecule has 1 atom stereocenters. The lowest BCUT2D eigenvalue weighted by Gasteiger charge is -2.42. The van der Waals surface area contributed by atoms with Crippen LogP contribution in [0.5, 0.6) is 0 Å². The minimum absolute atomic E-state index is 0.578. The van der Waals surface area contributed by atoms with Gasteiger partial charge in [0.1, 0.15) is 6.04 Å². The summed E-state index contributed by atoms with van der Waals surface area (Å²) in [7, 11) is 2.38. The number of hydrogen-bond donors (Lipinski definition) is 0. The summed E-state index contributed by atoms with van der Waals surface area (Å²) in [5.74, 6) is 0. The van der Waals surface area contributed by atoms with Gasteiger partial charge in [0.25, 0.3) is 0 Å². The van der Waals surface area contributed by atoms with Crippen molar-refractivity contribution in [3.63, 3.8) is 0 Å². The van der Waals surface area contributed by atoms with Crippen molar-refractivity contribution >= 4 is 23.1 Å². The first-order valence-corrected chi connectivity index (χ1v) is 9.38. The molecule has 3 rings (SSSR count). The van der Waals surface area contributed by atoms with E-state index in [0.717, 1.165) is 11.0 Å². The van der Waals surface area contributed by atoms with Gasteiger partial charge >= 0.3 is 0 Å². The van der Waals surface area contributed by atoms with Gasteiger partial charge in [0, 0.05) is 9.79 Å². The Hall–Kier alpha value is -1.45. The summed E-state index contributed by atoms with van der Waals surface area (Å²) in [6.45, 7) is 10.4. The molecule has 0 saturated carbocycles. The zero-order chi connectivity index (χ0) is 16.4. The minimum atomic E-state index is 0.578. The fourth-order valence-corrected chi connectivity index (χ4v) is 4.38. The topological polar surface area (TPSA) is 3.24 Å². The highest BCUT2D eigenvalue weighted by molar-refractivity contribution is 7.99. The fraction of sp³-hybridized carbons (Fsp3) is 0.400. The van der Waals surface area contributed by atoms with E-state index >= 15 is 0 Å². The van der Waals surface area contributed by atoms with Crippen molar-refractivity contribution in [2.75, 3.05) is 31.6 Å². The molecular formula is C20H27N2S+. The Bertz CT molecular complexity index is 633. The molecule has 0 N–H and O–H groups in total. The van der Waals surface area contributed by atoms with Crippen molar-refractivity contribution < 1.29 is 4.48 Å². The third-order valence-corrected chi connectivity index (χ3v) is 6.62. The van der Waals surface area contributed by atoms with E-state index < -0.39 is 0 Å². The van der Waals surface area contributed by atoms with Gasteiger partial charge in [-0.15, -0.1) is 0 Å². The van der Waals surface area contributed by atoms with Crippen molar-refractivity contribution in [1.29, 1.82) is 0 Å². The predicted molar refractivity (Wildman–Crippen MR) is 101 cm³/mol. The SMILES string of the molecule is CC[N+](C)(CC)[C@H](C)CN1c2ccccc2Sc2ccccc21. The second-order valence-corrected chi connectivity index (χ2v) is 7.69. The lowest BCUT2D eigenvalue weighted by molar-refractivity contribution is -0.926. The molecule has 0 bridgehead atoms. The van der Waals surface area contributed by atoms with Gasteiger partial charge in [-0.3, -0.25) is 0 Å². The van der Waals surface area contributed by atoms with Gasteiger partial charge in [-0.1, -0.05) is 36.0 Å². The van der Waals surface area contributed by atoms with Crippen LogP contribution >= 0.6 is 11.8 Å². The standard InChI is InChI=1S/C20H27N2S/c1-5-22(4,6-2)16(3)15-21-17-11-7-9-13-19(17)23-20-14-10-8-12-18(20)21/h7-14,16H,5-6,15H2,1-4H3/q+1/t16-/m1/s1. The van der Waals surface area contributed by atoms with E-state index in [1.807, 2.05) is 11.8 Å². The smallest absolute Gasteiger partial charge is 0.104 e. The van der Waals surface area contributed by atoms with Gasteiger partial charge in [-0.05, 0) is 45.0 Å². The van der Waals surface area contributed by atoms with Crippen molar-refractivity contribution in [3.8, 4) is 0 Å². The monoisotopic (exact) mass is 327 g/mol. The number of likely N-dealkylation sites (N-methyl/N-ethyl adjacent to an activating group) is 1. The number of rotatable bonds is 5. The molecule has 122 valence electrons. The maximum absolute atomic E-state index is 2.52. The van der Waals surface area contributed by atoms with Crippen LogP contribution in [0.25, 0.3) is 0 Å². The van der Waals surface area contributed by atoms with Gasteiger partial charge < -0.3 is 9.38 Å². The van der Waals surface area contributed by atoms with Crippen molar-refractivity contribution in [1.82, 2.24) is 0 Å². The number of fused-ring (bicyclic) bond motifs is 2. The van der Waals surface area contributed by atoms with E-state index in [-0.39, 0.29) is 0 Å². The molecule has 0 aliphatic carbocycles. The molecule has 1 heterocycles. The first kappa shape index (κ1) is 16.4. The summed E-state index contributed by atoms with van der Waals surface area (Å²) in [6, 6.07) is 18.1. The molecule has 2 aromatic rings. The largest absolute Gasteiger partial charge is 0.334 e. The van der Waals surface area contributed by atoms with Crippen molar-refractivity contribution in [3.05, 3.63) is 48.5 Å². The number of para-hydroxylation sites is 2. The highest BCUT2D eigenvalue weighted by atomic mass is 32.2. The third-order valence-electron chi connectivity index (χ3n) is 5.49. The van der Waals surface area contributed by atoms with Crippen LogP contribution in [0.1, 0.15) is 20.8 Å². The van der Waals surface area contributed by atoms with Gasteiger partial charge in [-0.25, -0.2) is 0 Å². The van der Waals surface area contributed by atoms with Crippen LogP contribution in [0.2, 0.25) is 0 Å². The van der Waals surface area contributed by atoms with Crippen LogP contribution in [0.15, 0.2) is 58.3 Å². The van der Waals surface area contributed by atoms with Crippen LogP contribution in [0.4, 0.5) is 11.4 Å². The summed E-state index contributed by atoms with van der Waals surface area (Å²) in [4.78, 5) is 5.24. The Labute approximate surface area is 144 Å². The molecule has 2 aromatic carbocycles. The Morgan fingerprint density at radius 3 is 1.87 bits per heavy atom. The zero-order valence-electron chi connectivity index (χ0n) is 14.6. The van der Waals surface area contributed by atoms with Crippen LogP contribution in [-0.2, 0) is 0 Å². The third kappa shape index (κ3) is 3.00. The quantitative estimate of drug-likeness (QED) is 0.698. The number of hydrogen-bond acceptors (Lipinski definition) is 2. The van der Waals surface area contributed by atoms with Gasteiger partial charge in [-0.2, -0.15) is 0 Å². The fourth-order valence-electron chi connectivity index (χ4n) is 3.29. The zero-order valence-corrected chi connectivity index (χ0v) is 15.4. The first-order valence-electron chi connectivity index (χ1n) is 8.56. The molecule has 0 fully saturated rings. The minimum Gasteiger partial charge on any atom is -0.334 e. The molecule has 1 aliphatic rings. The van der Waals surface area contributed by atoms with E-state index in [1.165, 1.54) is 34.3 Å². The van der Waals surface area contributed by atoms with E-state index in [4.69, 9.17) is 0 Å². The average Bonchev–Trinajstić information content (AvgIpc) is 2.60. The average molecular weight is 328 g/mol. The van der Waals surface area contributed by atoms with Crippen LogP contribution in [-0.4, -0.2) is 37.2 Å². The molecule has 0 saturated heterocycles. The Balaban J connectivity index is 1.98. The normalized spacial score (nSPS) is 15.0. The van der Waals surface area contributed by atoms with Gasteiger partial charge in [0.05, 0.1) is 38.1 Å². The lowest BCUT2D eigenvalue weighted by atomic mass is 10.1. The number of anilines is 2. The Kier molecular flexibility index (Phi) is 4.69. The molecule has 0 radical (unpaired) electrons. The van der Waals surface area contributed by atoms with Crippen LogP contribution < -0.4 is 4.90 Å². The second-order valence-electron chi connectivity index (χ2n) is 6.61. The van der Waals surface area contributed by atoms with Crippen molar-refractivity contribution in [2.45, 2.75) is 36.6 Å². The van der Waals surface area contributed by atoms with Crippen LogP contribution in [0, 0.1) is 0 Å². The Morgan fingerprint density at radius 1 is 0.913 bits per heavy atom. The molecule has 2 nitrogen and oxygen atoms in total. The van der Waals surface area contributed by atoms with E-state index in [2.05, 4.69) is 81.2 Å². The van der Waals surface area contributed by atoms with E-state index in [9.17, 15) is 0 Å². The predicted octanol–water partition coefficient (Wildman–Crippen LogP) is 5.16. The molecule has 0 aromatic heterocycles.